The number of ketones is 1. The molecule has 0 fully saturated rings. The Morgan fingerprint density at radius 1 is 0.950 bits per heavy atom. The second-order valence-electron chi connectivity index (χ2n) is 4.98. The molecule has 2 aromatic rings. The molecule has 0 atom stereocenters. The van der Waals surface area contributed by atoms with E-state index in [1.807, 2.05) is 18.2 Å². The van der Waals surface area contributed by atoms with Gasteiger partial charge in [0.1, 0.15) is 5.78 Å². The molecule has 3 heteroatoms. The monoisotopic (exact) mass is 268 g/mol. The lowest BCUT2D eigenvalue weighted by Crippen LogP contribution is -2.04. The quantitative estimate of drug-likeness (QED) is 0.689. The number of hydrogen-bond acceptors (Lipinski definition) is 3. The molecule has 0 radical (unpaired) electrons. The fourth-order valence-corrected chi connectivity index (χ4v) is 2.19. The first-order chi connectivity index (χ1) is 9.84. The van der Waals surface area contributed by atoms with Crippen LogP contribution in [0.1, 0.15) is 36.9 Å². The summed E-state index contributed by atoms with van der Waals surface area (Å²) in [5, 5.41) is 7.71. The van der Waals surface area contributed by atoms with E-state index in [-0.39, 0.29) is 5.78 Å². The maximum atomic E-state index is 11.8. The van der Waals surface area contributed by atoms with Crippen molar-refractivity contribution >= 4 is 5.78 Å². The van der Waals surface area contributed by atoms with E-state index in [0.29, 0.717) is 12.8 Å². The van der Waals surface area contributed by atoms with Crippen molar-refractivity contribution in [2.75, 3.05) is 0 Å². The van der Waals surface area contributed by atoms with E-state index in [2.05, 4.69) is 34.5 Å². The number of hydrogen-bond donors (Lipinski definition) is 0. The highest BCUT2D eigenvalue weighted by atomic mass is 16.1. The Hall–Kier alpha value is -2.03. The van der Waals surface area contributed by atoms with Crippen LogP contribution in [0.2, 0.25) is 0 Å². The molecule has 0 bridgehead atoms. The van der Waals surface area contributed by atoms with Crippen LogP contribution in [0.25, 0.3) is 0 Å². The van der Waals surface area contributed by atoms with Crippen molar-refractivity contribution in [3.05, 3.63) is 59.9 Å². The van der Waals surface area contributed by atoms with Crippen LogP contribution in [-0.4, -0.2) is 16.0 Å². The van der Waals surface area contributed by atoms with Crippen molar-refractivity contribution in [1.29, 1.82) is 0 Å². The zero-order valence-electron chi connectivity index (χ0n) is 11.7. The average Bonchev–Trinajstić information content (AvgIpc) is 2.49. The third-order valence-electron chi connectivity index (χ3n) is 3.27. The fraction of sp³-hybridized carbons (Fsp3) is 0.353. The predicted molar refractivity (Wildman–Crippen MR) is 79.4 cm³/mol. The number of benzene rings is 1. The first-order valence-electron chi connectivity index (χ1n) is 7.17. The van der Waals surface area contributed by atoms with Gasteiger partial charge in [0.15, 0.2) is 0 Å². The smallest absolute Gasteiger partial charge is 0.138 e. The third kappa shape index (κ3) is 5.31. The minimum Gasteiger partial charge on any atom is -0.299 e. The normalized spacial score (nSPS) is 10.4. The number of Topliss-reactive ketones (excluding diaryl/α,β-unsaturated/α-hetero) is 1. The van der Waals surface area contributed by atoms with E-state index in [4.69, 9.17) is 0 Å². The maximum Gasteiger partial charge on any atom is 0.138 e. The SMILES string of the molecule is O=C(CCCCCc1ccccc1)Cc1cccnn1. The number of aryl methyl sites for hydroxylation is 1. The van der Waals surface area contributed by atoms with Gasteiger partial charge in [0.25, 0.3) is 0 Å². The Balaban J connectivity index is 1.58. The summed E-state index contributed by atoms with van der Waals surface area (Å²) in [5.41, 5.74) is 2.14. The average molecular weight is 268 g/mol. The highest BCUT2D eigenvalue weighted by Gasteiger charge is 2.04. The summed E-state index contributed by atoms with van der Waals surface area (Å²) in [6.07, 6.45) is 6.98. The number of nitrogens with zero attached hydrogens (tertiary/aromatic N) is 2. The van der Waals surface area contributed by atoms with Gasteiger partial charge in [0.2, 0.25) is 0 Å². The summed E-state index contributed by atoms with van der Waals surface area (Å²) >= 11 is 0. The van der Waals surface area contributed by atoms with Crippen molar-refractivity contribution in [3.63, 3.8) is 0 Å². The summed E-state index contributed by atoms with van der Waals surface area (Å²) in [5.74, 6) is 0.255. The maximum absolute atomic E-state index is 11.8. The van der Waals surface area contributed by atoms with Gasteiger partial charge in [-0.2, -0.15) is 10.2 Å². The Labute approximate surface area is 120 Å². The molecule has 0 saturated heterocycles. The lowest BCUT2D eigenvalue weighted by atomic mass is 10.0. The van der Waals surface area contributed by atoms with Crippen LogP contribution < -0.4 is 0 Å². The van der Waals surface area contributed by atoms with E-state index < -0.39 is 0 Å². The van der Waals surface area contributed by atoms with Crippen LogP contribution in [0.3, 0.4) is 0 Å². The van der Waals surface area contributed by atoms with Crippen LogP contribution in [0, 0.1) is 0 Å². The topological polar surface area (TPSA) is 42.9 Å². The molecule has 1 aromatic carbocycles. The molecule has 104 valence electrons. The Morgan fingerprint density at radius 2 is 1.80 bits per heavy atom. The van der Waals surface area contributed by atoms with E-state index in [0.717, 1.165) is 31.4 Å². The predicted octanol–water partition coefficient (Wildman–Crippen LogP) is 3.39. The molecule has 3 nitrogen and oxygen atoms in total. The van der Waals surface area contributed by atoms with Gasteiger partial charge in [0.05, 0.1) is 12.1 Å². The summed E-state index contributed by atoms with van der Waals surface area (Å²) in [4.78, 5) is 11.8. The number of carbonyl (C=O) groups excluding carboxylic acids is 1. The highest BCUT2D eigenvalue weighted by Crippen LogP contribution is 2.08. The van der Waals surface area contributed by atoms with E-state index in [9.17, 15) is 4.79 Å². The minimum atomic E-state index is 0.255. The second-order valence-corrected chi connectivity index (χ2v) is 4.98. The van der Waals surface area contributed by atoms with Gasteiger partial charge >= 0.3 is 0 Å². The first-order valence-corrected chi connectivity index (χ1v) is 7.17. The van der Waals surface area contributed by atoms with Crippen molar-refractivity contribution in [1.82, 2.24) is 10.2 Å². The molecule has 0 aliphatic rings. The molecule has 0 N–H and O–H groups in total. The van der Waals surface area contributed by atoms with Crippen LogP contribution in [0.5, 0.6) is 0 Å². The molecule has 0 spiro atoms. The lowest BCUT2D eigenvalue weighted by Gasteiger charge is -2.02. The molecule has 2 rings (SSSR count). The van der Waals surface area contributed by atoms with Crippen molar-refractivity contribution < 1.29 is 4.79 Å². The molecule has 0 saturated carbocycles. The van der Waals surface area contributed by atoms with E-state index >= 15 is 0 Å². The number of aromatic nitrogens is 2. The fourth-order valence-electron chi connectivity index (χ4n) is 2.19. The number of carbonyl (C=O) groups is 1. The molecule has 20 heavy (non-hydrogen) atoms. The standard InChI is InChI=1S/C17H20N2O/c20-17(14-16-11-7-13-18-19-16)12-6-2-5-10-15-8-3-1-4-9-15/h1,3-4,7-9,11,13H,2,5-6,10,12,14H2. The zero-order chi connectivity index (χ0) is 14.0. The van der Waals surface area contributed by atoms with Crippen molar-refractivity contribution in [2.45, 2.75) is 38.5 Å². The minimum absolute atomic E-state index is 0.255. The Kier molecular flexibility index (Phi) is 5.90. The van der Waals surface area contributed by atoms with Gasteiger partial charge in [-0.1, -0.05) is 36.8 Å². The first kappa shape index (κ1) is 14.4. The van der Waals surface area contributed by atoms with Crippen LogP contribution in [-0.2, 0) is 17.6 Å². The molecule has 1 heterocycles. The Morgan fingerprint density at radius 3 is 2.55 bits per heavy atom. The number of rotatable bonds is 8. The molecular weight excluding hydrogens is 248 g/mol. The molecule has 0 aliphatic carbocycles. The zero-order valence-corrected chi connectivity index (χ0v) is 11.7. The van der Waals surface area contributed by atoms with E-state index in [1.54, 1.807) is 6.20 Å². The summed E-state index contributed by atoms with van der Waals surface area (Å²) < 4.78 is 0. The Bertz CT molecular complexity index is 511. The summed E-state index contributed by atoms with van der Waals surface area (Å²) in [6.45, 7) is 0. The third-order valence-corrected chi connectivity index (χ3v) is 3.27. The van der Waals surface area contributed by atoms with Crippen LogP contribution in [0.15, 0.2) is 48.7 Å². The molecular formula is C17H20N2O. The second kappa shape index (κ2) is 8.20. The molecule has 1 aromatic heterocycles. The van der Waals surface area contributed by atoms with Gasteiger partial charge in [-0.15, -0.1) is 0 Å². The van der Waals surface area contributed by atoms with Crippen LogP contribution in [0.4, 0.5) is 0 Å². The van der Waals surface area contributed by atoms with E-state index in [1.165, 1.54) is 5.56 Å². The van der Waals surface area contributed by atoms with Gasteiger partial charge in [-0.25, -0.2) is 0 Å². The van der Waals surface area contributed by atoms with Gasteiger partial charge < -0.3 is 0 Å². The van der Waals surface area contributed by atoms with Crippen LogP contribution >= 0.6 is 0 Å². The summed E-state index contributed by atoms with van der Waals surface area (Å²) in [7, 11) is 0. The largest absolute Gasteiger partial charge is 0.299 e. The molecule has 0 aliphatic heterocycles. The van der Waals surface area contributed by atoms with Crippen molar-refractivity contribution in [2.24, 2.45) is 0 Å². The molecule has 0 amide bonds. The van der Waals surface area contributed by atoms with Crippen molar-refractivity contribution in [3.8, 4) is 0 Å². The highest BCUT2D eigenvalue weighted by molar-refractivity contribution is 5.80. The number of unbranched alkanes of at least 4 members (excludes halogenated alkanes) is 2. The van der Waals surface area contributed by atoms with Gasteiger partial charge in [-0.05, 0) is 37.0 Å². The van der Waals surface area contributed by atoms with Gasteiger partial charge in [-0.3, -0.25) is 4.79 Å². The van der Waals surface area contributed by atoms with Gasteiger partial charge in [0, 0.05) is 12.6 Å². The molecule has 0 unspecified atom stereocenters. The lowest BCUT2D eigenvalue weighted by molar-refractivity contribution is -0.118. The summed E-state index contributed by atoms with van der Waals surface area (Å²) in [6, 6.07) is 14.1.